The second kappa shape index (κ2) is 6.84. The molecule has 0 saturated carbocycles. The topological polar surface area (TPSA) is 45.9 Å². The maximum absolute atomic E-state index is 12.5. The van der Waals surface area contributed by atoms with Crippen LogP contribution in [-0.4, -0.2) is 61.6 Å². The van der Waals surface area contributed by atoms with Crippen LogP contribution < -0.4 is 0 Å². The minimum atomic E-state index is 0.0339. The van der Waals surface area contributed by atoms with Crippen molar-refractivity contribution in [2.45, 2.75) is 26.7 Å². The van der Waals surface area contributed by atoms with Crippen molar-refractivity contribution in [1.29, 1.82) is 0 Å². The summed E-state index contributed by atoms with van der Waals surface area (Å²) in [5, 5.41) is 0. The van der Waals surface area contributed by atoms with Crippen molar-refractivity contribution in [3.63, 3.8) is 0 Å². The predicted octanol–water partition coefficient (Wildman–Crippen LogP) is 1.94. The maximum Gasteiger partial charge on any atom is 0.289 e. The first-order valence-corrected chi connectivity index (χ1v) is 8.36. The van der Waals surface area contributed by atoms with E-state index in [4.69, 9.17) is 9.15 Å². The Morgan fingerprint density at radius 3 is 2.68 bits per heavy atom. The normalized spacial score (nSPS) is 23.2. The molecule has 2 fully saturated rings. The van der Waals surface area contributed by atoms with E-state index in [0.29, 0.717) is 11.7 Å². The lowest BCUT2D eigenvalue weighted by Gasteiger charge is -2.35. The number of rotatable bonds is 4. The van der Waals surface area contributed by atoms with Gasteiger partial charge in [0.2, 0.25) is 0 Å². The van der Waals surface area contributed by atoms with Gasteiger partial charge in [-0.3, -0.25) is 9.69 Å². The summed E-state index contributed by atoms with van der Waals surface area (Å²) < 4.78 is 11.1. The fourth-order valence-corrected chi connectivity index (χ4v) is 3.36. The molecule has 2 aliphatic heterocycles. The maximum atomic E-state index is 12.5. The zero-order valence-electron chi connectivity index (χ0n) is 13.6. The number of hydrogen-bond acceptors (Lipinski definition) is 4. The van der Waals surface area contributed by atoms with Gasteiger partial charge >= 0.3 is 0 Å². The lowest BCUT2D eigenvalue weighted by Crippen LogP contribution is -2.49. The molecule has 122 valence electrons. The summed E-state index contributed by atoms with van der Waals surface area (Å²) in [4.78, 5) is 16.9. The molecule has 0 aliphatic carbocycles. The zero-order valence-corrected chi connectivity index (χ0v) is 13.6. The fourth-order valence-electron chi connectivity index (χ4n) is 3.36. The quantitative estimate of drug-likeness (QED) is 0.853. The van der Waals surface area contributed by atoms with Crippen LogP contribution in [0, 0.1) is 12.8 Å². The smallest absolute Gasteiger partial charge is 0.289 e. The van der Waals surface area contributed by atoms with Crippen molar-refractivity contribution in [1.82, 2.24) is 9.80 Å². The van der Waals surface area contributed by atoms with Gasteiger partial charge in [-0.15, -0.1) is 0 Å². The largest absolute Gasteiger partial charge is 0.456 e. The van der Waals surface area contributed by atoms with Gasteiger partial charge in [0, 0.05) is 45.8 Å². The summed E-state index contributed by atoms with van der Waals surface area (Å²) in [5.41, 5.74) is 1.07. The highest BCUT2D eigenvalue weighted by Gasteiger charge is 2.27. The Labute approximate surface area is 132 Å². The first-order chi connectivity index (χ1) is 10.7. The van der Waals surface area contributed by atoms with Crippen LogP contribution in [0.3, 0.4) is 0 Å². The van der Waals surface area contributed by atoms with E-state index in [1.54, 1.807) is 0 Å². The Kier molecular flexibility index (Phi) is 4.84. The predicted molar refractivity (Wildman–Crippen MR) is 84.1 cm³/mol. The number of ether oxygens (including phenoxy) is 1. The zero-order chi connectivity index (χ0) is 15.5. The van der Waals surface area contributed by atoms with Crippen LogP contribution in [0.1, 0.15) is 35.2 Å². The molecule has 0 aromatic carbocycles. The number of carbonyl (C=O) groups is 1. The molecular weight excluding hydrogens is 280 g/mol. The Balaban J connectivity index is 1.52. The van der Waals surface area contributed by atoms with E-state index in [2.05, 4.69) is 4.90 Å². The minimum Gasteiger partial charge on any atom is -0.456 e. The molecular formula is C17H26N2O3. The minimum absolute atomic E-state index is 0.0339. The SMILES string of the molecule is CCc1oc(C(=O)N2CCN(CC3CCOC3)CC2)cc1C. The van der Waals surface area contributed by atoms with Crippen molar-refractivity contribution in [3.8, 4) is 0 Å². The molecule has 1 amide bonds. The summed E-state index contributed by atoms with van der Waals surface area (Å²) in [6.07, 6.45) is 2.00. The molecule has 3 heterocycles. The van der Waals surface area contributed by atoms with Crippen LogP contribution in [0.2, 0.25) is 0 Å². The third kappa shape index (κ3) is 3.36. The summed E-state index contributed by atoms with van der Waals surface area (Å²) in [6.45, 7) is 10.4. The van der Waals surface area contributed by atoms with Crippen LogP contribution in [0.25, 0.3) is 0 Å². The summed E-state index contributed by atoms with van der Waals surface area (Å²) >= 11 is 0. The third-order valence-electron chi connectivity index (χ3n) is 4.75. The van der Waals surface area contributed by atoms with Gasteiger partial charge < -0.3 is 14.1 Å². The van der Waals surface area contributed by atoms with Gasteiger partial charge in [-0.05, 0) is 30.9 Å². The van der Waals surface area contributed by atoms with Gasteiger partial charge in [-0.2, -0.15) is 0 Å². The first kappa shape index (κ1) is 15.6. The highest BCUT2D eigenvalue weighted by Crippen LogP contribution is 2.19. The Morgan fingerprint density at radius 1 is 1.32 bits per heavy atom. The molecule has 1 atom stereocenters. The first-order valence-electron chi connectivity index (χ1n) is 8.36. The van der Waals surface area contributed by atoms with Gasteiger partial charge in [-0.1, -0.05) is 6.92 Å². The molecule has 2 aliphatic rings. The van der Waals surface area contributed by atoms with E-state index >= 15 is 0 Å². The van der Waals surface area contributed by atoms with Crippen LogP contribution >= 0.6 is 0 Å². The van der Waals surface area contributed by atoms with Crippen LogP contribution in [0.5, 0.6) is 0 Å². The number of piperazine rings is 1. The van der Waals surface area contributed by atoms with Crippen molar-refractivity contribution in [2.24, 2.45) is 5.92 Å². The lowest BCUT2D eigenvalue weighted by atomic mass is 10.1. The second-order valence-corrected chi connectivity index (χ2v) is 6.39. The number of carbonyl (C=O) groups excluding carboxylic acids is 1. The van der Waals surface area contributed by atoms with Crippen LogP contribution in [-0.2, 0) is 11.2 Å². The van der Waals surface area contributed by atoms with Crippen LogP contribution in [0.4, 0.5) is 0 Å². The molecule has 2 saturated heterocycles. The van der Waals surface area contributed by atoms with Gasteiger partial charge in [0.05, 0.1) is 6.61 Å². The molecule has 5 nitrogen and oxygen atoms in total. The Morgan fingerprint density at radius 2 is 2.09 bits per heavy atom. The molecule has 1 unspecified atom stereocenters. The molecule has 3 rings (SSSR count). The third-order valence-corrected chi connectivity index (χ3v) is 4.75. The van der Waals surface area contributed by atoms with Crippen molar-refractivity contribution < 1.29 is 13.9 Å². The molecule has 22 heavy (non-hydrogen) atoms. The van der Waals surface area contributed by atoms with E-state index in [9.17, 15) is 4.79 Å². The van der Waals surface area contributed by atoms with Crippen molar-refractivity contribution in [3.05, 3.63) is 23.2 Å². The number of aryl methyl sites for hydroxylation is 2. The van der Waals surface area contributed by atoms with E-state index in [-0.39, 0.29) is 5.91 Å². The molecule has 0 spiro atoms. The van der Waals surface area contributed by atoms with Crippen LogP contribution in [0.15, 0.2) is 10.5 Å². The number of amides is 1. The van der Waals surface area contributed by atoms with Gasteiger partial charge in [0.1, 0.15) is 5.76 Å². The number of nitrogens with zero attached hydrogens (tertiary/aromatic N) is 2. The molecule has 1 aromatic heterocycles. The van der Waals surface area contributed by atoms with E-state index in [1.807, 2.05) is 24.8 Å². The van der Waals surface area contributed by atoms with Crippen molar-refractivity contribution in [2.75, 3.05) is 45.9 Å². The average Bonchev–Trinajstić information content (AvgIpc) is 3.16. The number of hydrogen-bond donors (Lipinski definition) is 0. The highest BCUT2D eigenvalue weighted by atomic mass is 16.5. The van der Waals surface area contributed by atoms with Gasteiger partial charge in [0.25, 0.3) is 5.91 Å². The monoisotopic (exact) mass is 306 g/mol. The lowest BCUT2D eigenvalue weighted by molar-refractivity contribution is 0.0580. The summed E-state index contributed by atoms with van der Waals surface area (Å²) in [5.74, 6) is 2.11. The standard InChI is InChI=1S/C17H26N2O3/c1-3-15-13(2)10-16(22-15)17(20)19-7-5-18(6-8-19)11-14-4-9-21-12-14/h10,14H,3-9,11-12H2,1-2H3. The summed E-state index contributed by atoms with van der Waals surface area (Å²) in [6, 6.07) is 1.88. The molecule has 0 radical (unpaired) electrons. The molecule has 1 aromatic rings. The van der Waals surface area contributed by atoms with E-state index < -0.39 is 0 Å². The van der Waals surface area contributed by atoms with Crippen molar-refractivity contribution >= 4 is 5.91 Å². The van der Waals surface area contributed by atoms with Gasteiger partial charge in [-0.25, -0.2) is 0 Å². The summed E-state index contributed by atoms with van der Waals surface area (Å²) in [7, 11) is 0. The second-order valence-electron chi connectivity index (χ2n) is 6.39. The van der Waals surface area contributed by atoms with E-state index in [0.717, 1.165) is 63.7 Å². The fraction of sp³-hybridized carbons (Fsp3) is 0.706. The molecule has 5 heteroatoms. The van der Waals surface area contributed by atoms with E-state index in [1.165, 1.54) is 6.42 Å². The average molecular weight is 306 g/mol. The Bertz CT molecular complexity index is 512. The number of furan rings is 1. The molecule has 0 N–H and O–H groups in total. The van der Waals surface area contributed by atoms with Gasteiger partial charge in [0.15, 0.2) is 5.76 Å². The highest BCUT2D eigenvalue weighted by molar-refractivity contribution is 5.91. The Hall–Kier alpha value is -1.33. The molecule has 0 bridgehead atoms.